The molecule has 0 bridgehead atoms. The van der Waals surface area contributed by atoms with Crippen LogP contribution in [0.2, 0.25) is 5.02 Å². The fraction of sp³-hybridized carbons (Fsp3) is 0.400. The normalized spacial score (nSPS) is 12.5. The first-order valence-corrected chi connectivity index (χ1v) is 7.05. The van der Waals surface area contributed by atoms with Gasteiger partial charge in [0.1, 0.15) is 5.75 Å². The number of nitrogens with one attached hydrogen (secondary N) is 1. The maximum Gasteiger partial charge on any atom is 0.138 e. The Morgan fingerprint density at radius 2 is 2.05 bits per heavy atom. The van der Waals surface area contributed by atoms with Crippen LogP contribution in [0.25, 0.3) is 0 Å². The summed E-state index contributed by atoms with van der Waals surface area (Å²) in [6.45, 7) is 6.05. The van der Waals surface area contributed by atoms with Crippen molar-refractivity contribution in [2.24, 2.45) is 7.05 Å². The molecule has 1 atom stereocenters. The molecule has 0 aliphatic rings. The van der Waals surface area contributed by atoms with Gasteiger partial charge in [-0.15, -0.1) is 0 Å². The van der Waals surface area contributed by atoms with Gasteiger partial charge in [-0.05, 0) is 39.0 Å². The molecule has 1 aromatic heterocycles. The number of hydrogen-bond acceptors (Lipinski definition) is 3. The number of halogens is 1. The van der Waals surface area contributed by atoms with Gasteiger partial charge in [0.15, 0.2) is 0 Å². The fourth-order valence-electron chi connectivity index (χ4n) is 1.94. The summed E-state index contributed by atoms with van der Waals surface area (Å²) in [6.07, 6.45) is 3.96. The predicted molar refractivity (Wildman–Crippen MR) is 82.5 cm³/mol. The van der Waals surface area contributed by atoms with Crippen LogP contribution in [-0.4, -0.2) is 15.9 Å². The third kappa shape index (κ3) is 3.67. The highest BCUT2D eigenvalue weighted by atomic mass is 35.5. The van der Waals surface area contributed by atoms with Crippen molar-refractivity contribution in [2.45, 2.75) is 32.9 Å². The Morgan fingerprint density at radius 1 is 1.30 bits per heavy atom. The summed E-state index contributed by atoms with van der Waals surface area (Å²) in [5.74, 6) is 0.709. The van der Waals surface area contributed by atoms with Gasteiger partial charge in [-0.2, -0.15) is 5.10 Å². The smallest absolute Gasteiger partial charge is 0.138 e. The first-order valence-electron chi connectivity index (χ1n) is 6.67. The first-order chi connectivity index (χ1) is 9.45. The highest BCUT2D eigenvalue weighted by Crippen LogP contribution is 2.30. The molecule has 4 nitrogen and oxygen atoms in total. The van der Waals surface area contributed by atoms with E-state index in [9.17, 15) is 0 Å². The number of hydrogen-bond donors (Lipinski definition) is 1. The number of aryl methyl sites for hydroxylation is 1. The van der Waals surface area contributed by atoms with Crippen molar-refractivity contribution in [3.8, 4) is 5.75 Å². The number of anilines is 1. The third-order valence-corrected chi connectivity index (χ3v) is 3.20. The Kier molecular flexibility index (Phi) is 4.55. The van der Waals surface area contributed by atoms with E-state index in [4.69, 9.17) is 16.3 Å². The minimum atomic E-state index is 0.112. The summed E-state index contributed by atoms with van der Waals surface area (Å²) >= 11 is 6.23. The number of ether oxygens (including phenoxy) is 1. The minimum Gasteiger partial charge on any atom is -0.489 e. The molecule has 5 heteroatoms. The summed E-state index contributed by atoms with van der Waals surface area (Å²) < 4.78 is 7.41. The highest BCUT2D eigenvalue weighted by molar-refractivity contribution is 6.32. The molecule has 20 heavy (non-hydrogen) atoms. The van der Waals surface area contributed by atoms with E-state index >= 15 is 0 Å². The summed E-state index contributed by atoms with van der Waals surface area (Å²) in [7, 11) is 1.91. The average Bonchev–Trinajstić information content (AvgIpc) is 2.79. The number of aromatic nitrogens is 2. The van der Waals surface area contributed by atoms with Gasteiger partial charge in [-0.25, -0.2) is 0 Å². The Hall–Kier alpha value is -1.68. The standard InChI is InChI=1S/C15H20ClN3O/c1-10(2)20-15-6-5-13(7-14(15)16)18-11(3)12-8-17-19(4)9-12/h5-11,18H,1-4H3. The van der Waals surface area contributed by atoms with Crippen LogP contribution in [0.4, 0.5) is 5.69 Å². The van der Waals surface area contributed by atoms with Crippen LogP contribution in [-0.2, 0) is 7.05 Å². The zero-order valence-corrected chi connectivity index (χ0v) is 13.0. The molecule has 0 fully saturated rings. The van der Waals surface area contributed by atoms with Crippen LogP contribution in [0.3, 0.4) is 0 Å². The second-order valence-corrected chi connectivity index (χ2v) is 5.53. The average molecular weight is 294 g/mol. The van der Waals surface area contributed by atoms with Crippen LogP contribution in [0.5, 0.6) is 5.75 Å². The van der Waals surface area contributed by atoms with E-state index in [2.05, 4.69) is 17.3 Å². The molecule has 1 N–H and O–H groups in total. The van der Waals surface area contributed by atoms with Crippen molar-refractivity contribution in [3.05, 3.63) is 41.2 Å². The molecule has 108 valence electrons. The number of rotatable bonds is 5. The third-order valence-electron chi connectivity index (χ3n) is 2.90. The molecule has 2 rings (SSSR count). The van der Waals surface area contributed by atoms with Crippen molar-refractivity contribution < 1.29 is 4.74 Å². The maximum atomic E-state index is 6.23. The lowest BCUT2D eigenvalue weighted by Gasteiger charge is -2.16. The summed E-state index contributed by atoms with van der Waals surface area (Å²) in [6, 6.07) is 5.90. The highest BCUT2D eigenvalue weighted by Gasteiger charge is 2.09. The van der Waals surface area contributed by atoms with E-state index in [1.807, 2.05) is 51.5 Å². The van der Waals surface area contributed by atoms with E-state index in [1.165, 1.54) is 0 Å². The fourth-order valence-corrected chi connectivity index (χ4v) is 2.16. The van der Waals surface area contributed by atoms with Crippen LogP contribution >= 0.6 is 11.6 Å². The van der Waals surface area contributed by atoms with Gasteiger partial charge in [-0.3, -0.25) is 4.68 Å². The lowest BCUT2D eigenvalue weighted by molar-refractivity contribution is 0.242. The topological polar surface area (TPSA) is 39.1 Å². The second kappa shape index (κ2) is 6.18. The molecule has 0 saturated heterocycles. The SMILES string of the molecule is CC(C)Oc1ccc(NC(C)c2cnn(C)c2)cc1Cl. The van der Waals surface area contributed by atoms with Gasteiger partial charge >= 0.3 is 0 Å². The molecule has 0 aliphatic heterocycles. The van der Waals surface area contributed by atoms with Gasteiger partial charge in [0.25, 0.3) is 0 Å². The summed E-state index contributed by atoms with van der Waals surface area (Å²) in [5.41, 5.74) is 2.09. The molecule has 1 unspecified atom stereocenters. The maximum absolute atomic E-state index is 6.23. The lowest BCUT2D eigenvalue weighted by atomic mass is 10.2. The number of benzene rings is 1. The van der Waals surface area contributed by atoms with Crippen molar-refractivity contribution in [1.82, 2.24) is 9.78 Å². The second-order valence-electron chi connectivity index (χ2n) is 5.13. The van der Waals surface area contributed by atoms with E-state index < -0.39 is 0 Å². The summed E-state index contributed by atoms with van der Waals surface area (Å²) in [5, 5.41) is 8.19. The van der Waals surface area contributed by atoms with Gasteiger partial charge < -0.3 is 10.1 Å². The molecule has 0 aliphatic carbocycles. The van der Waals surface area contributed by atoms with Gasteiger partial charge in [0.2, 0.25) is 0 Å². The molecule has 0 radical (unpaired) electrons. The van der Waals surface area contributed by atoms with E-state index in [1.54, 1.807) is 4.68 Å². The van der Waals surface area contributed by atoms with E-state index in [-0.39, 0.29) is 12.1 Å². The van der Waals surface area contributed by atoms with E-state index in [0.717, 1.165) is 11.3 Å². The molecule has 1 heterocycles. The van der Waals surface area contributed by atoms with E-state index in [0.29, 0.717) is 10.8 Å². The van der Waals surface area contributed by atoms with Crippen LogP contribution in [0.15, 0.2) is 30.6 Å². The molecular formula is C15H20ClN3O. The van der Waals surface area contributed by atoms with Crippen molar-refractivity contribution in [2.75, 3.05) is 5.32 Å². The minimum absolute atomic E-state index is 0.112. The Morgan fingerprint density at radius 3 is 2.60 bits per heavy atom. The predicted octanol–water partition coefficient (Wildman–Crippen LogP) is 4.03. The summed E-state index contributed by atoms with van der Waals surface area (Å²) in [4.78, 5) is 0. The zero-order chi connectivity index (χ0) is 14.7. The van der Waals surface area contributed by atoms with Gasteiger partial charge in [-0.1, -0.05) is 11.6 Å². The number of nitrogens with zero attached hydrogens (tertiary/aromatic N) is 2. The molecule has 0 amide bonds. The van der Waals surface area contributed by atoms with Gasteiger partial charge in [0, 0.05) is 24.5 Å². The molecule has 0 spiro atoms. The Bertz CT molecular complexity index is 580. The quantitative estimate of drug-likeness (QED) is 0.904. The molecule has 2 aromatic rings. The molecular weight excluding hydrogens is 274 g/mol. The Balaban J connectivity index is 2.08. The van der Waals surface area contributed by atoms with Gasteiger partial charge in [0.05, 0.1) is 23.4 Å². The van der Waals surface area contributed by atoms with Crippen molar-refractivity contribution in [1.29, 1.82) is 0 Å². The largest absolute Gasteiger partial charge is 0.489 e. The lowest BCUT2D eigenvalue weighted by Crippen LogP contribution is -2.07. The monoisotopic (exact) mass is 293 g/mol. The zero-order valence-electron chi connectivity index (χ0n) is 12.2. The molecule has 0 saturated carbocycles. The van der Waals surface area contributed by atoms with Crippen LogP contribution < -0.4 is 10.1 Å². The molecule has 1 aromatic carbocycles. The van der Waals surface area contributed by atoms with Crippen molar-refractivity contribution in [3.63, 3.8) is 0 Å². The van der Waals surface area contributed by atoms with Crippen LogP contribution in [0, 0.1) is 0 Å². The Labute approximate surface area is 124 Å². The van der Waals surface area contributed by atoms with Crippen LogP contribution in [0.1, 0.15) is 32.4 Å². The van der Waals surface area contributed by atoms with Crippen molar-refractivity contribution >= 4 is 17.3 Å². The first kappa shape index (κ1) is 14.7.